The Bertz CT molecular complexity index is 294. The molecular formula is C16H31N3O. The van der Waals surface area contributed by atoms with Crippen molar-refractivity contribution >= 4 is 5.91 Å². The highest BCUT2D eigenvalue weighted by Gasteiger charge is 2.27. The smallest absolute Gasteiger partial charge is 0.236 e. The highest BCUT2D eigenvalue weighted by atomic mass is 16.2. The molecule has 0 aromatic rings. The Balaban J connectivity index is 1.85. The lowest BCUT2D eigenvalue weighted by Gasteiger charge is -2.37. The number of rotatable bonds is 5. The highest BCUT2D eigenvalue weighted by molar-refractivity contribution is 5.78. The SMILES string of the molecule is CCCN(CC(=O)N1CCCCC1)C1CCC(N)CC1. The second kappa shape index (κ2) is 7.99. The van der Waals surface area contributed by atoms with Crippen LogP contribution in [0.2, 0.25) is 0 Å². The number of hydrogen-bond donors (Lipinski definition) is 1. The predicted molar refractivity (Wildman–Crippen MR) is 82.5 cm³/mol. The van der Waals surface area contributed by atoms with Crippen LogP contribution in [0.25, 0.3) is 0 Å². The molecule has 2 aliphatic rings. The molecule has 1 aliphatic carbocycles. The summed E-state index contributed by atoms with van der Waals surface area (Å²) in [5, 5.41) is 0. The third-order valence-electron chi connectivity index (χ3n) is 4.82. The Hall–Kier alpha value is -0.610. The number of nitrogens with two attached hydrogens (primary N) is 1. The fraction of sp³-hybridized carbons (Fsp3) is 0.938. The molecule has 0 aromatic heterocycles. The van der Waals surface area contributed by atoms with Gasteiger partial charge in [-0.25, -0.2) is 0 Å². The minimum Gasteiger partial charge on any atom is -0.342 e. The average Bonchev–Trinajstić information content (AvgIpc) is 2.48. The lowest BCUT2D eigenvalue weighted by Crippen LogP contribution is -2.48. The number of carbonyl (C=O) groups is 1. The lowest BCUT2D eigenvalue weighted by molar-refractivity contribution is -0.134. The second-order valence-electron chi connectivity index (χ2n) is 6.48. The van der Waals surface area contributed by atoms with E-state index in [1.54, 1.807) is 0 Å². The molecule has 20 heavy (non-hydrogen) atoms. The Kier molecular flexibility index (Phi) is 6.30. The maximum atomic E-state index is 12.4. The van der Waals surface area contributed by atoms with Crippen molar-refractivity contribution in [3.05, 3.63) is 0 Å². The normalized spacial score (nSPS) is 27.9. The summed E-state index contributed by atoms with van der Waals surface area (Å²) in [6.07, 6.45) is 9.31. The van der Waals surface area contributed by atoms with Gasteiger partial charge in [0.05, 0.1) is 6.54 Å². The minimum absolute atomic E-state index is 0.341. The lowest BCUT2D eigenvalue weighted by atomic mass is 9.90. The molecule has 2 N–H and O–H groups in total. The van der Waals surface area contributed by atoms with Crippen LogP contribution in [-0.2, 0) is 4.79 Å². The third-order valence-corrected chi connectivity index (χ3v) is 4.82. The molecule has 4 heteroatoms. The van der Waals surface area contributed by atoms with E-state index in [1.165, 1.54) is 19.3 Å². The van der Waals surface area contributed by atoms with Crippen molar-refractivity contribution in [1.29, 1.82) is 0 Å². The topological polar surface area (TPSA) is 49.6 Å². The monoisotopic (exact) mass is 281 g/mol. The van der Waals surface area contributed by atoms with Crippen molar-refractivity contribution < 1.29 is 4.79 Å². The zero-order valence-electron chi connectivity index (χ0n) is 13.0. The molecule has 116 valence electrons. The van der Waals surface area contributed by atoms with E-state index in [0.717, 1.165) is 51.7 Å². The summed E-state index contributed by atoms with van der Waals surface area (Å²) in [6.45, 7) is 5.79. The molecular weight excluding hydrogens is 250 g/mol. The summed E-state index contributed by atoms with van der Waals surface area (Å²) < 4.78 is 0. The Morgan fingerprint density at radius 1 is 1.15 bits per heavy atom. The van der Waals surface area contributed by atoms with Gasteiger partial charge in [-0.3, -0.25) is 9.69 Å². The molecule has 0 atom stereocenters. The van der Waals surface area contributed by atoms with E-state index in [9.17, 15) is 4.79 Å². The molecule has 0 unspecified atom stereocenters. The van der Waals surface area contributed by atoms with Gasteiger partial charge in [-0.2, -0.15) is 0 Å². The molecule has 1 heterocycles. The molecule has 0 spiro atoms. The zero-order chi connectivity index (χ0) is 14.4. The van der Waals surface area contributed by atoms with Gasteiger partial charge in [0.25, 0.3) is 0 Å². The standard InChI is InChI=1S/C16H31N3O/c1-2-10-19(15-8-6-14(17)7-9-15)13-16(20)18-11-4-3-5-12-18/h14-15H,2-13,17H2,1H3. The summed E-state index contributed by atoms with van der Waals surface area (Å²) in [7, 11) is 0. The molecule has 0 radical (unpaired) electrons. The quantitative estimate of drug-likeness (QED) is 0.838. The summed E-state index contributed by atoms with van der Waals surface area (Å²) in [5.41, 5.74) is 6.00. The van der Waals surface area contributed by atoms with E-state index in [0.29, 0.717) is 24.5 Å². The molecule has 1 saturated carbocycles. The number of piperidine rings is 1. The van der Waals surface area contributed by atoms with Gasteiger partial charge in [0.2, 0.25) is 5.91 Å². The average molecular weight is 281 g/mol. The first-order valence-corrected chi connectivity index (χ1v) is 8.48. The summed E-state index contributed by atoms with van der Waals surface area (Å²) in [4.78, 5) is 16.9. The van der Waals surface area contributed by atoms with Gasteiger partial charge >= 0.3 is 0 Å². The summed E-state index contributed by atoms with van der Waals surface area (Å²) in [6, 6.07) is 0.955. The van der Waals surface area contributed by atoms with Gasteiger partial charge in [0.1, 0.15) is 0 Å². The second-order valence-corrected chi connectivity index (χ2v) is 6.48. The van der Waals surface area contributed by atoms with E-state index in [2.05, 4.69) is 16.7 Å². The fourth-order valence-electron chi connectivity index (χ4n) is 3.56. The van der Waals surface area contributed by atoms with Crippen molar-refractivity contribution in [2.75, 3.05) is 26.2 Å². The predicted octanol–water partition coefficient (Wildman–Crippen LogP) is 1.98. The van der Waals surface area contributed by atoms with Crippen LogP contribution >= 0.6 is 0 Å². The molecule has 1 saturated heterocycles. The van der Waals surface area contributed by atoms with Crippen LogP contribution in [0.1, 0.15) is 58.3 Å². The van der Waals surface area contributed by atoms with Crippen LogP contribution < -0.4 is 5.73 Å². The first-order chi connectivity index (χ1) is 9.70. The number of hydrogen-bond acceptors (Lipinski definition) is 3. The summed E-state index contributed by atoms with van der Waals surface area (Å²) in [5.74, 6) is 0.341. The Labute approximate surface area is 123 Å². The first-order valence-electron chi connectivity index (χ1n) is 8.48. The number of amides is 1. The van der Waals surface area contributed by atoms with Crippen molar-refractivity contribution in [3.8, 4) is 0 Å². The summed E-state index contributed by atoms with van der Waals surface area (Å²) >= 11 is 0. The minimum atomic E-state index is 0.341. The van der Waals surface area contributed by atoms with Crippen LogP contribution in [0.15, 0.2) is 0 Å². The van der Waals surface area contributed by atoms with Crippen LogP contribution in [-0.4, -0.2) is 54.0 Å². The third kappa shape index (κ3) is 4.45. The first kappa shape index (κ1) is 15.8. The van der Waals surface area contributed by atoms with E-state index < -0.39 is 0 Å². The van der Waals surface area contributed by atoms with Gasteiger partial charge in [0.15, 0.2) is 0 Å². The maximum Gasteiger partial charge on any atom is 0.236 e. The molecule has 2 fully saturated rings. The van der Waals surface area contributed by atoms with Gasteiger partial charge in [0, 0.05) is 25.2 Å². The maximum absolute atomic E-state index is 12.4. The van der Waals surface area contributed by atoms with Gasteiger partial charge in [-0.15, -0.1) is 0 Å². The van der Waals surface area contributed by atoms with E-state index in [4.69, 9.17) is 5.73 Å². The number of carbonyl (C=O) groups excluding carboxylic acids is 1. The van der Waals surface area contributed by atoms with Crippen LogP contribution in [0, 0.1) is 0 Å². The largest absolute Gasteiger partial charge is 0.342 e. The molecule has 0 bridgehead atoms. The molecule has 0 aromatic carbocycles. The highest BCUT2D eigenvalue weighted by Crippen LogP contribution is 2.22. The van der Waals surface area contributed by atoms with Crippen LogP contribution in [0.4, 0.5) is 0 Å². The fourth-order valence-corrected chi connectivity index (χ4v) is 3.56. The van der Waals surface area contributed by atoms with Gasteiger partial charge < -0.3 is 10.6 Å². The van der Waals surface area contributed by atoms with Crippen molar-refractivity contribution in [2.24, 2.45) is 5.73 Å². The van der Waals surface area contributed by atoms with Crippen LogP contribution in [0.5, 0.6) is 0 Å². The van der Waals surface area contributed by atoms with Gasteiger partial charge in [-0.05, 0) is 57.9 Å². The van der Waals surface area contributed by atoms with Crippen molar-refractivity contribution in [3.63, 3.8) is 0 Å². The molecule has 1 aliphatic heterocycles. The molecule has 2 rings (SSSR count). The van der Waals surface area contributed by atoms with E-state index in [1.807, 2.05) is 0 Å². The van der Waals surface area contributed by atoms with E-state index in [-0.39, 0.29) is 0 Å². The Morgan fingerprint density at radius 2 is 1.80 bits per heavy atom. The molecule has 1 amide bonds. The van der Waals surface area contributed by atoms with Crippen LogP contribution in [0.3, 0.4) is 0 Å². The van der Waals surface area contributed by atoms with E-state index >= 15 is 0 Å². The molecule has 4 nitrogen and oxygen atoms in total. The van der Waals surface area contributed by atoms with Crippen molar-refractivity contribution in [1.82, 2.24) is 9.80 Å². The Morgan fingerprint density at radius 3 is 2.40 bits per heavy atom. The number of likely N-dealkylation sites (tertiary alicyclic amines) is 1. The number of nitrogens with zero attached hydrogens (tertiary/aromatic N) is 2. The zero-order valence-corrected chi connectivity index (χ0v) is 13.0. The van der Waals surface area contributed by atoms with Crippen molar-refractivity contribution in [2.45, 2.75) is 70.4 Å². The van der Waals surface area contributed by atoms with Gasteiger partial charge in [-0.1, -0.05) is 6.92 Å².